The number of benzene rings is 1. The van der Waals surface area contributed by atoms with Gasteiger partial charge in [-0.15, -0.1) is 0 Å². The van der Waals surface area contributed by atoms with Crippen molar-refractivity contribution in [3.05, 3.63) is 34.9 Å². The van der Waals surface area contributed by atoms with E-state index in [1.165, 1.54) is 0 Å². The van der Waals surface area contributed by atoms with Crippen LogP contribution < -0.4 is 0 Å². The van der Waals surface area contributed by atoms with Gasteiger partial charge in [-0.25, -0.2) is 8.42 Å². The molecule has 1 saturated heterocycles. The maximum atomic E-state index is 12.6. The van der Waals surface area contributed by atoms with Crippen LogP contribution >= 0.6 is 0 Å². The van der Waals surface area contributed by atoms with Crippen LogP contribution in [0.3, 0.4) is 0 Å². The van der Waals surface area contributed by atoms with Crippen molar-refractivity contribution in [2.45, 2.75) is 33.2 Å². The summed E-state index contributed by atoms with van der Waals surface area (Å²) in [6, 6.07) is 5.56. The van der Waals surface area contributed by atoms with E-state index in [2.05, 4.69) is 0 Å². The molecule has 1 aromatic carbocycles. The van der Waals surface area contributed by atoms with Crippen molar-refractivity contribution >= 4 is 15.7 Å². The normalized spacial score (nSPS) is 20.9. The molecule has 2 rings (SSSR count). The number of amides is 1. The van der Waals surface area contributed by atoms with Gasteiger partial charge >= 0.3 is 0 Å². The Bertz CT molecular complexity index is 602. The molecule has 0 aromatic heterocycles. The minimum absolute atomic E-state index is 0.0681. The first-order valence-electron chi connectivity index (χ1n) is 6.92. The summed E-state index contributed by atoms with van der Waals surface area (Å²) in [4.78, 5) is 14.3. The van der Waals surface area contributed by atoms with Gasteiger partial charge in [0.15, 0.2) is 9.84 Å². The first-order chi connectivity index (χ1) is 9.32. The Balaban J connectivity index is 2.25. The van der Waals surface area contributed by atoms with Crippen LogP contribution in [0, 0.1) is 13.8 Å². The molecule has 0 unspecified atom stereocenters. The van der Waals surface area contributed by atoms with E-state index in [-0.39, 0.29) is 23.5 Å². The molecule has 5 heteroatoms. The molecule has 0 N–H and O–H groups in total. The first-order valence-corrected chi connectivity index (χ1v) is 8.74. The van der Waals surface area contributed by atoms with E-state index in [1.54, 1.807) is 4.90 Å². The molecule has 0 bridgehead atoms. The van der Waals surface area contributed by atoms with E-state index >= 15 is 0 Å². The van der Waals surface area contributed by atoms with Crippen LogP contribution in [0.1, 0.15) is 34.8 Å². The Kier molecular flexibility index (Phi) is 4.18. The maximum absolute atomic E-state index is 12.6. The Morgan fingerprint density at radius 2 is 1.85 bits per heavy atom. The van der Waals surface area contributed by atoms with Gasteiger partial charge in [0.25, 0.3) is 5.91 Å². The van der Waals surface area contributed by atoms with Crippen LogP contribution in [-0.2, 0) is 9.84 Å². The number of sulfone groups is 1. The predicted octanol–water partition coefficient (Wildman–Crippen LogP) is 1.95. The average molecular weight is 295 g/mol. The number of nitrogens with zero attached hydrogens (tertiary/aromatic N) is 1. The van der Waals surface area contributed by atoms with Gasteiger partial charge < -0.3 is 4.90 Å². The average Bonchev–Trinajstić information content (AvgIpc) is 2.69. The maximum Gasteiger partial charge on any atom is 0.254 e. The summed E-state index contributed by atoms with van der Waals surface area (Å²) in [7, 11) is -2.98. The highest BCUT2D eigenvalue weighted by molar-refractivity contribution is 7.91. The molecule has 20 heavy (non-hydrogen) atoms. The lowest BCUT2D eigenvalue weighted by molar-refractivity contribution is 0.0708. The summed E-state index contributed by atoms with van der Waals surface area (Å²) in [5, 5.41) is 0. The molecule has 1 aliphatic rings. The monoisotopic (exact) mass is 295 g/mol. The van der Waals surface area contributed by atoms with Gasteiger partial charge in [0.2, 0.25) is 0 Å². The zero-order valence-electron chi connectivity index (χ0n) is 12.2. The zero-order chi connectivity index (χ0) is 14.9. The summed E-state index contributed by atoms with van der Waals surface area (Å²) >= 11 is 0. The van der Waals surface area contributed by atoms with Crippen LogP contribution in [-0.4, -0.2) is 43.3 Å². The molecule has 110 valence electrons. The topological polar surface area (TPSA) is 54.5 Å². The third kappa shape index (κ3) is 3.20. The van der Waals surface area contributed by atoms with Gasteiger partial charge in [0.1, 0.15) is 0 Å². The molecular weight excluding hydrogens is 274 g/mol. The Morgan fingerprint density at radius 3 is 2.30 bits per heavy atom. The van der Waals surface area contributed by atoms with Crippen LogP contribution in [0.4, 0.5) is 0 Å². The Hall–Kier alpha value is -1.36. The van der Waals surface area contributed by atoms with Gasteiger partial charge in [-0.05, 0) is 39.3 Å². The summed E-state index contributed by atoms with van der Waals surface area (Å²) in [5.41, 5.74) is 2.74. The molecule has 1 heterocycles. The van der Waals surface area contributed by atoms with E-state index < -0.39 is 9.84 Å². The SMILES string of the molecule is CCN(C(=O)c1cc(C)cc(C)c1)[C@@H]1CCS(=O)(=O)C1. The summed E-state index contributed by atoms with van der Waals surface area (Å²) in [6.45, 7) is 6.34. The van der Waals surface area contributed by atoms with Gasteiger partial charge in [-0.1, -0.05) is 17.2 Å². The number of hydrogen-bond acceptors (Lipinski definition) is 3. The molecule has 1 aromatic rings. The van der Waals surface area contributed by atoms with Crippen molar-refractivity contribution in [1.82, 2.24) is 4.90 Å². The fourth-order valence-corrected chi connectivity index (χ4v) is 4.58. The second kappa shape index (κ2) is 5.56. The largest absolute Gasteiger partial charge is 0.335 e. The molecule has 1 aliphatic heterocycles. The highest BCUT2D eigenvalue weighted by atomic mass is 32.2. The first kappa shape index (κ1) is 15.0. The van der Waals surface area contributed by atoms with Gasteiger partial charge in [0, 0.05) is 18.2 Å². The molecule has 0 radical (unpaired) electrons. The smallest absolute Gasteiger partial charge is 0.254 e. The van der Waals surface area contributed by atoms with E-state index in [4.69, 9.17) is 0 Å². The van der Waals surface area contributed by atoms with Crippen molar-refractivity contribution in [3.8, 4) is 0 Å². The second-order valence-corrected chi connectivity index (χ2v) is 7.75. The van der Waals surface area contributed by atoms with Crippen molar-refractivity contribution in [3.63, 3.8) is 0 Å². The fourth-order valence-electron chi connectivity index (χ4n) is 2.85. The number of hydrogen-bond donors (Lipinski definition) is 0. The number of aryl methyl sites for hydroxylation is 2. The molecule has 4 nitrogen and oxygen atoms in total. The molecule has 0 saturated carbocycles. The third-order valence-corrected chi connectivity index (χ3v) is 5.47. The zero-order valence-corrected chi connectivity index (χ0v) is 13.0. The summed E-state index contributed by atoms with van der Waals surface area (Å²) in [5.74, 6) is 0.215. The quantitative estimate of drug-likeness (QED) is 0.856. The van der Waals surface area contributed by atoms with E-state index in [1.807, 2.05) is 39.0 Å². The third-order valence-electron chi connectivity index (χ3n) is 3.72. The minimum Gasteiger partial charge on any atom is -0.335 e. The van der Waals surface area contributed by atoms with Gasteiger partial charge in [-0.2, -0.15) is 0 Å². The molecule has 0 spiro atoms. The number of carbonyl (C=O) groups excluding carboxylic acids is 1. The van der Waals surface area contributed by atoms with Crippen LogP contribution in [0.5, 0.6) is 0 Å². The standard InChI is InChI=1S/C15H21NO3S/c1-4-16(14-5-6-20(18,19)10-14)15(17)13-8-11(2)7-12(3)9-13/h7-9,14H,4-6,10H2,1-3H3/t14-/m1/s1. The van der Waals surface area contributed by atoms with Crippen molar-refractivity contribution in [2.75, 3.05) is 18.1 Å². The summed E-state index contributed by atoms with van der Waals surface area (Å²) < 4.78 is 23.2. The van der Waals surface area contributed by atoms with Crippen molar-refractivity contribution in [2.24, 2.45) is 0 Å². The lowest BCUT2D eigenvalue weighted by Crippen LogP contribution is -2.41. The van der Waals surface area contributed by atoms with E-state index in [0.29, 0.717) is 18.5 Å². The predicted molar refractivity (Wildman–Crippen MR) is 79.7 cm³/mol. The van der Waals surface area contributed by atoms with Crippen LogP contribution in [0.15, 0.2) is 18.2 Å². The van der Waals surface area contributed by atoms with Crippen molar-refractivity contribution in [1.29, 1.82) is 0 Å². The highest BCUT2D eigenvalue weighted by Crippen LogP contribution is 2.20. The van der Waals surface area contributed by atoms with E-state index in [0.717, 1.165) is 11.1 Å². The van der Waals surface area contributed by atoms with Crippen molar-refractivity contribution < 1.29 is 13.2 Å². The number of carbonyl (C=O) groups is 1. The molecule has 1 atom stereocenters. The second-order valence-electron chi connectivity index (χ2n) is 5.52. The van der Waals surface area contributed by atoms with Gasteiger partial charge in [0.05, 0.1) is 11.5 Å². The highest BCUT2D eigenvalue weighted by Gasteiger charge is 2.34. The molecular formula is C15H21NO3S. The molecule has 0 aliphatic carbocycles. The van der Waals surface area contributed by atoms with E-state index in [9.17, 15) is 13.2 Å². The fraction of sp³-hybridized carbons (Fsp3) is 0.533. The van der Waals surface area contributed by atoms with Crippen LogP contribution in [0.25, 0.3) is 0 Å². The summed E-state index contributed by atoms with van der Waals surface area (Å²) in [6.07, 6.45) is 0.548. The molecule has 1 fully saturated rings. The molecule has 1 amide bonds. The minimum atomic E-state index is -2.98. The number of rotatable bonds is 3. The van der Waals surface area contributed by atoms with Crippen LogP contribution in [0.2, 0.25) is 0 Å². The lowest BCUT2D eigenvalue weighted by atomic mass is 10.1. The van der Waals surface area contributed by atoms with Gasteiger partial charge in [-0.3, -0.25) is 4.79 Å². The lowest BCUT2D eigenvalue weighted by Gasteiger charge is -2.27. The Labute approximate surface area is 120 Å². The Morgan fingerprint density at radius 1 is 1.25 bits per heavy atom.